The van der Waals surface area contributed by atoms with Gasteiger partial charge in [0.25, 0.3) is 0 Å². The van der Waals surface area contributed by atoms with Crippen molar-refractivity contribution in [3.8, 4) is 11.1 Å². The van der Waals surface area contributed by atoms with E-state index in [1.807, 2.05) is 42.5 Å². The molecule has 0 atom stereocenters. The summed E-state index contributed by atoms with van der Waals surface area (Å²) >= 11 is 0. The van der Waals surface area contributed by atoms with Gasteiger partial charge in [-0.2, -0.15) is 0 Å². The Morgan fingerprint density at radius 2 is 1.79 bits per heavy atom. The van der Waals surface area contributed by atoms with Crippen LogP contribution in [0.2, 0.25) is 0 Å². The first kappa shape index (κ1) is 11.4. The molecular weight excluding hydrogens is 238 g/mol. The van der Waals surface area contributed by atoms with Gasteiger partial charge >= 0.3 is 5.97 Å². The average molecular weight is 249 g/mol. The lowest BCUT2D eigenvalue weighted by molar-refractivity contribution is 0.0697. The van der Waals surface area contributed by atoms with Crippen LogP contribution in [0.4, 0.5) is 0 Å². The highest BCUT2D eigenvalue weighted by Crippen LogP contribution is 2.26. The Hall–Kier alpha value is -2.68. The minimum Gasteiger partial charge on any atom is -0.478 e. The van der Waals surface area contributed by atoms with E-state index in [2.05, 4.69) is 4.98 Å². The van der Waals surface area contributed by atoms with Gasteiger partial charge in [0.2, 0.25) is 0 Å². The predicted molar refractivity (Wildman–Crippen MR) is 74.1 cm³/mol. The fraction of sp³-hybridized carbons (Fsp3) is 0. The van der Waals surface area contributed by atoms with E-state index in [9.17, 15) is 9.90 Å². The smallest absolute Gasteiger partial charge is 0.337 e. The highest BCUT2D eigenvalue weighted by atomic mass is 16.4. The summed E-state index contributed by atoms with van der Waals surface area (Å²) in [7, 11) is 0. The Morgan fingerprint density at radius 1 is 1.00 bits per heavy atom. The van der Waals surface area contributed by atoms with Gasteiger partial charge in [-0.3, -0.25) is 4.98 Å². The van der Waals surface area contributed by atoms with E-state index in [1.165, 1.54) is 6.20 Å². The molecule has 1 aromatic heterocycles. The first-order valence-corrected chi connectivity index (χ1v) is 5.92. The zero-order chi connectivity index (χ0) is 13.2. The van der Waals surface area contributed by atoms with Gasteiger partial charge in [-0.25, -0.2) is 4.79 Å². The second-order valence-corrected chi connectivity index (χ2v) is 4.29. The zero-order valence-electron chi connectivity index (χ0n) is 10.1. The summed E-state index contributed by atoms with van der Waals surface area (Å²) in [4.78, 5) is 15.1. The third-order valence-electron chi connectivity index (χ3n) is 3.11. The monoisotopic (exact) mass is 249 g/mol. The van der Waals surface area contributed by atoms with E-state index in [0.29, 0.717) is 5.56 Å². The minimum atomic E-state index is -0.962. The molecule has 0 aliphatic rings. The van der Waals surface area contributed by atoms with Crippen LogP contribution in [-0.4, -0.2) is 16.1 Å². The molecule has 1 heterocycles. The van der Waals surface area contributed by atoms with E-state index < -0.39 is 5.97 Å². The van der Waals surface area contributed by atoms with Gasteiger partial charge < -0.3 is 5.11 Å². The highest BCUT2D eigenvalue weighted by Gasteiger charge is 2.11. The molecule has 0 aliphatic carbocycles. The highest BCUT2D eigenvalue weighted by molar-refractivity contribution is 5.97. The lowest BCUT2D eigenvalue weighted by Gasteiger charge is -2.07. The molecule has 3 rings (SSSR count). The van der Waals surface area contributed by atoms with Crippen molar-refractivity contribution in [3.05, 3.63) is 66.5 Å². The van der Waals surface area contributed by atoms with E-state index in [4.69, 9.17) is 0 Å². The lowest BCUT2D eigenvalue weighted by Crippen LogP contribution is -2.00. The van der Waals surface area contributed by atoms with Crippen molar-refractivity contribution in [1.82, 2.24) is 4.98 Å². The second-order valence-electron chi connectivity index (χ2n) is 4.29. The summed E-state index contributed by atoms with van der Waals surface area (Å²) < 4.78 is 0. The van der Waals surface area contributed by atoms with Crippen molar-refractivity contribution in [1.29, 1.82) is 0 Å². The Bertz CT molecular complexity index is 765. The number of rotatable bonds is 2. The van der Waals surface area contributed by atoms with Crippen molar-refractivity contribution in [3.63, 3.8) is 0 Å². The van der Waals surface area contributed by atoms with Crippen LogP contribution < -0.4 is 0 Å². The van der Waals surface area contributed by atoms with Crippen LogP contribution in [0.3, 0.4) is 0 Å². The number of pyridine rings is 1. The number of hydrogen-bond acceptors (Lipinski definition) is 2. The number of carboxylic acid groups (broad SMARTS) is 1. The van der Waals surface area contributed by atoms with Crippen LogP contribution in [-0.2, 0) is 0 Å². The van der Waals surface area contributed by atoms with Gasteiger partial charge in [0.15, 0.2) is 0 Å². The maximum atomic E-state index is 11.2. The predicted octanol–water partition coefficient (Wildman–Crippen LogP) is 3.60. The molecule has 3 nitrogen and oxygen atoms in total. The fourth-order valence-corrected chi connectivity index (χ4v) is 2.17. The third-order valence-corrected chi connectivity index (χ3v) is 3.11. The number of aromatic carboxylic acids is 1. The summed E-state index contributed by atoms with van der Waals surface area (Å²) in [6.45, 7) is 0. The molecule has 2 aromatic carbocycles. The molecule has 3 aromatic rings. The minimum absolute atomic E-state index is 0.220. The molecule has 0 aliphatic heterocycles. The summed E-state index contributed by atoms with van der Waals surface area (Å²) in [5.74, 6) is -0.962. The van der Waals surface area contributed by atoms with E-state index in [1.54, 1.807) is 12.3 Å². The van der Waals surface area contributed by atoms with E-state index >= 15 is 0 Å². The number of nitrogens with zero attached hydrogens (tertiary/aromatic N) is 1. The molecule has 0 unspecified atom stereocenters. The van der Waals surface area contributed by atoms with Crippen LogP contribution in [0.25, 0.3) is 21.9 Å². The van der Waals surface area contributed by atoms with Gasteiger partial charge in [0.1, 0.15) is 0 Å². The van der Waals surface area contributed by atoms with Crippen LogP contribution in [0.5, 0.6) is 0 Å². The summed E-state index contributed by atoms with van der Waals surface area (Å²) in [6, 6.07) is 15.7. The molecule has 0 saturated heterocycles. The SMILES string of the molecule is O=C(O)c1cnccc1-c1ccc2ccccc2c1. The van der Waals surface area contributed by atoms with Crippen molar-refractivity contribution in [2.45, 2.75) is 0 Å². The Morgan fingerprint density at radius 3 is 2.58 bits per heavy atom. The third kappa shape index (κ3) is 2.06. The molecule has 92 valence electrons. The van der Waals surface area contributed by atoms with Gasteiger partial charge in [-0.1, -0.05) is 36.4 Å². The molecule has 0 radical (unpaired) electrons. The standard InChI is InChI=1S/C16H11NO2/c18-16(19)15-10-17-8-7-14(15)13-6-5-11-3-1-2-4-12(11)9-13/h1-10H,(H,18,19). The first-order valence-electron chi connectivity index (χ1n) is 5.92. The van der Waals surface area contributed by atoms with Crippen LogP contribution >= 0.6 is 0 Å². The molecule has 19 heavy (non-hydrogen) atoms. The van der Waals surface area contributed by atoms with Crippen molar-refractivity contribution >= 4 is 16.7 Å². The second kappa shape index (κ2) is 4.53. The van der Waals surface area contributed by atoms with Crippen LogP contribution in [0, 0.1) is 0 Å². The van der Waals surface area contributed by atoms with Crippen LogP contribution in [0.1, 0.15) is 10.4 Å². The molecule has 0 saturated carbocycles. The van der Waals surface area contributed by atoms with Crippen molar-refractivity contribution in [2.24, 2.45) is 0 Å². The summed E-state index contributed by atoms with van der Waals surface area (Å²) in [6.07, 6.45) is 2.99. The number of carbonyl (C=O) groups is 1. The average Bonchev–Trinajstić information content (AvgIpc) is 2.46. The normalized spacial score (nSPS) is 10.5. The molecule has 0 amide bonds. The van der Waals surface area contributed by atoms with Crippen LogP contribution in [0.15, 0.2) is 60.9 Å². The molecule has 0 spiro atoms. The van der Waals surface area contributed by atoms with Gasteiger partial charge in [-0.15, -0.1) is 0 Å². The molecule has 3 heteroatoms. The largest absolute Gasteiger partial charge is 0.478 e. The van der Waals surface area contributed by atoms with Crippen molar-refractivity contribution < 1.29 is 9.90 Å². The van der Waals surface area contributed by atoms with Crippen molar-refractivity contribution in [2.75, 3.05) is 0 Å². The van der Waals surface area contributed by atoms with E-state index in [-0.39, 0.29) is 5.56 Å². The Balaban J connectivity index is 2.22. The number of hydrogen-bond donors (Lipinski definition) is 1. The molecule has 0 bridgehead atoms. The quantitative estimate of drug-likeness (QED) is 0.754. The summed E-state index contributed by atoms with van der Waals surface area (Å²) in [5.41, 5.74) is 1.80. The van der Waals surface area contributed by atoms with E-state index in [0.717, 1.165) is 16.3 Å². The Kier molecular flexibility index (Phi) is 2.72. The molecule has 0 fully saturated rings. The first-order chi connectivity index (χ1) is 9.25. The fourth-order valence-electron chi connectivity index (χ4n) is 2.17. The topological polar surface area (TPSA) is 50.2 Å². The van der Waals surface area contributed by atoms with Gasteiger partial charge in [0, 0.05) is 12.4 Å². The number of aromatic nitrogens is 1. The zero-order valence-corrected chi connectivity index (χ0v) is 10.1. The number of carboxylic acids is 1. The summed E-state index contributed by atoms with van der Waals surface area (Å²) in [5, 5.41) is 11.4. The maximum absolute atomic E-state index is 11.2. The number of fused-ring (bicyclic) bond motifs is 1. The molecular formula is C16H11NO2. The van der Waals surface area contributed by atoms with Gasteiger partial charge in [-0.05, 0) is 34.0 Å². The Labute approximate surface area is 110 Å². The maximum Gasteiger partial charge on any atom is 0.337 e. The molecule has 1 N–H and O–H groups in total. The number of benzene rings is 2. The lowest BCUT2D eigenvalue weighted by atomic mass is 9.99. The van der Waals surface area contributed by atoms with Gasteiger partial charge in [0.05, 0.1) is 5.56 Å².